The van der Waals surface area contributed by atoms with Gasteiger partial charge in [0.15, 0.2) is 5.96 Å². The van der Waals surface area contributed by atoms with Crippen LogP contribution in [0.15, 0.2) is 29.3 Å². The molecule has 0 aromatic heterocycles. The topological polar surface area (TPSA) is 86.3 Å². The molecule has 0 unspecified atom stereocenters. The molecule has 30 heavy (non-hydrogen) atoms. The van der Waals surface area contributed by atoms with Crippen molar-refractivity contribution in [1.29, 1.82) is 0 Å². The number of likely N-dealkylation sites (N-methyl/N-ethyl adjacent to an activating group) is 1. The van der Waals surface area contributed by atoms with Crippen LogP contribution in [0.3, 0.4) is 0 Å². The summed E-state index contributed by atoms with van der Waals surface area (Å²) in [4.78, 5) is 32.3. The van der Waals surface area contributed by atoms with Crippen LogP contribution < -0.4 is 15.4 Å². The Morgan fingerprint density at radius 3 is 2.37 bits per heavy atom. The number of likely N-dealkylation sites (tertiary alicyclic amines) is 1. The standard InChI is InChI=1S/C22H35N5O3/c1-16(2)21(29)27-12-10-18(11-13-27)25-22(24-15-20(28)26(3)4)23-14-17-6-8-19(30-5)9-7-17/h6-9,16,18H,10-15H2,1-5H3,(H2,23,24,25). The van der Waals surface area contributed by atoms with Crippen LogP contribution in [0.1, 0.15) is 32.3 Å². The van der Waals surface area contributed by atoms with E-state index in [0.29, 0.717) is 12.5 Å². The molecule has 2 N–H and O–H groups in total. The fraction of sp³-hybridized carbons (Fsp3) is 0.591. The third kappa shape index (κ3) is 7.24. The number of aliphatic imine (C=N–C) groups is 1. The summed E-state index contributed by atoms with van der Waals surface area (Å²) in [6, 6.07) is 7.96. The normalized spacial score (nSPS) is 15.1. The van der Waals surface area contributed by atoms with Crippen molar-refractivity contribution in [3.8, 4) is 5.75 Å². The first kappa shape index (κ1) is 23.5. The predicted octanol–water partition coefficient (Wildman–Crippen LogP) is 1.47. The van der Waals surface area contributed by atoms with Crippen molar-refractivity contribution in [1.82, 2.24) is 20.4 Å². The second-order valence-electron chi connectivity index (χ2n) is 8.05. The van der Waals surface area contributed by atoms with Crippen molar-refractivity contribution in [3.63, 3.8) is 0 Å². The highest BCUT2D eigenvalue weighted by Crippen LogP contribution is 2.14. The number of nitrogens with zero attached hydrogens (tertiary/aromatic N) is 3. The van der Waals surface area contributed by atoms with Gasteiger partial charge in [-0.05, 0) is 30.5 Å². The van der Waals surface area contributed by atoms with Crippen molar-refractivity contribution in [3.05, 3.63) is 29.8 Å². The average molecular weight is 418 g/mol. The second-order valence-corrected chi connectivity index (χ2v) is 8.05. The van der Waals surface area contributed by atoms with E-state index in [4.69, 9.17) is 4.74 Å². The fourth-order valence-corrected chi connectivity index (χ4v) is 3.17. The molecule has 0 saturated carbocycles. The maximum Gasteiger partial charge on any atom is 0.241 e. The number of nitrogens with one attached hydrogen (secondary N) is 2. The maximum absolute atomic E-state index is 12.2. The van der Waals surface area contributed by atoms with Crippen molar-refractivity contribution >= 4 is 17.8 Å². The van der Waals surface area contributed by atoms with E-state index in [1.165, 1.54) is 0 Å². The van der Waals surface area contributed by atoms with E-state index in [0.717, 1.165) is 37.2 Å². The Bertz CT molecular complexity index is 723. The number of hydrogen-bond acceptors (Lipinski definition) is 4. The van der Waals surface area contributed by atoms with Gasteiger partial charge < -0.3 is 25.2 Å². The van der Waals surface area contributed by atoms with Gasteiger partial charge in [0.1, 0.15) is 5.75 Å². The molecular formula is C22H35N5O3. The molecule has 1 aromatic carbocycles. The van der Waals surface area contributed by atoms with Crippen molar-refractivity contribution in [2.24, 2.45) is 10.9 Å². The molecule has 0 bridgehead atoms. The van der Waals surface area contributed by atoms with Gasteiger partial charge in [-0.15, -0.1) is 0 Å². The maximum atomic E-state index is 12.2. The molecule has 8 nitrogen and oxygen atoms in total. The van der Waals surface area contributed by atoms with Crippen LogP contribution in [0.2, 0.25) is 0 Å². The molecule has 2 rings (SSSR count). The monoisotopic (exact) mass is 417 g/mol. The van der Waals surface area contributed by atoms with E-state index in [1.807, 2.05) is 43.0 Å². The SMILES string of the molecule is COc1ccc(CN=C(NCC(=O)N(C)C)NC2CCN(C(=O)C(C)C)CC2)cc1. The summed E-state index contributed by atoms with van der Waals surface area (Å²) in [6.45, 7) is 5.99. The van der Waals surface area contributed by atoms with Crippen molar-refractivity contribution in [2.45, 2.75) is 39.3 Å². The molecule has 166 valence electrons. The summed E-state index contributed by atoms with van der Waals surface area (Å²) >= 11 is 0. The van der Waals surface area contributed by atoms with E-state index in [1.54, 1.807) is 26.1 Å². The van der Waals surface area contributed by atoms with E-state index >= 15 is 0 Å². The van der Waals surface area contributed by atoms with Gasteiger partial charge in [0.25, 0.3) is 0 Å². The third-order valence-corrected chi connectivity index (χ3v) is 5.13. The van der Waals surface area contributed by atoms with Gasteiger partial charge in [0, 0.05) is 39.1 Å². The molecule has 1 fully saturated rings. The smallest absolute Gasteiger partial charge is 0.241 e. The van der Waals surface area contributed by atoms with E-state index in [2.05, 4.69) is 15.6 Å². The first-order chi connectivity index (χ1) is 14.3. The summed E-state index contributed by atoms with van der Waals surface area (Å²) in [6.07, 6.45) is 1.70. The Labute approximate surface area is 179 Å². The van der Waals surface area contributed by atoms with Gasteiger partial charge in [-0.1, -0.05) is 26.0 Å². The fourth-order valence-electron chi connectivity index (χ4n) is 3.17. The van der Waals surface area contributed by atoms with Gasteiger partial charge in [0.05, 0.1) is 20.2 Å². The molecule has 0 aliphatic carbocycles. The second kappa shape index (κ2) is 11.4. The first-order valence-electron chi connectivity index (χ1n) is 10.5. The number of carbonyl (C=O) groups is 2. The molecule has 2 amide bonds. The quantitative estimate of drug-likeness (QED) is 0.518. The van der Waals surface area contributed by atoms with E-state index in [9.17, 15) is 9.59 Å². The lowest BCUT2D eigenvalue weighted by atomic mass is 10.0. The van der Waals surface area contributed by atoms with Crippen LogP contribution in [0.25, 0.3) is 0 Å². The molecule has 0 radical (unpaired) electrons. The zero-order chi connectivity index (χ0) is 22.1. The lowest BCUT2D eigenvalue weighted by molar-refractivity contribution is -0.135. The molecular weight excluding hydrogens is 382 g/mol. The molecule has 8 heteroatoms. The van der Waals surface area contributed by atoms with Crippen LogP contribution in [-0.2, 0) is 16.1 Å². The van der Waals surface area contributed by atoms with E-state index < -0.39 is 0 Å². The Balaban J connectivity index is 1.98. The van der Waals surface area contributed by atoms with Gasteiger partial charge in [-0.25, -0.2) is 4.99 Å². The highest BCUT2D eigenvalue weighted by atomic mass is 16.5. The lowest BCUT2D eigenvalue weighted by Crippen LogP contribution is -2.51. The first-order valence-corrected chi connectivity index (χ1v) is 10.5. The highest BCUT2D eigenvalue weighted by Gasteiger charge is 2.24. The molecule has 1 saturated heterocycles. The van der Waals surface area contributed by atoms with Crippen LogP contribution in [-0.4, -0.2) is 74.5 Å². The molecule has 1 aliphatic heterocycles. The molecule has 1 heterocycles. The average Bonchev–Trinajstić information content (AvgIpc) is 2.75. The van der Waals surface area contributed by atoms with Gasteiger partial charge in [-0.3, -0.25) is 9.59 Å². The number of hydrogen-bond donors (Lipinski definition) is 2. The zero-order valence-corrected chi connectivity index (χ0v) is 18.8. The van der Waals surface area contributed by atoms with Gasteiger partial charge in [0.2, 0.25) is 11.8 Å². The Morgan fingerprint density at radius 1 is 1.20 bits per heavy atom. The minimum atomic E-state index is -0.0219. The Kier molecular flexibility index (Phi) is 8.95. The minimum absolute atomic E-state index is 0.0219. The lowest BCUT2D eigenvalue weighted by Gasteiger charge is -2.34. The summed E-state index contributed by atoms with van der Waals surface area (Å²) in [7, 11) is 5.10. The summed E-state index contributed by atoms with van der Waals surface area (Å²) in [5.74, 6) is 1.62. The molecule has 0 spiro atoms. The van der Waals surface area contributed by atoms with Gasteiger partial charge >= 0.3 is 0 Å². The number of piperidine rings is 1. The van der Waals surface area contributed by atoms with Crippen LogP contribution in [0.4, 0.5) is 0 Å². The third-order valence-electron chi connectivity index (χ3n) is 5.13. The van der Waals surface area contributed by atoms with Gasteiger partial charge in [-0.2, -0.15) is 0 Å². The van der Waals surface area contributed by atoms with Crippen LogP contribution >= 0.6 is 0 Å². The molecule has 0 atom stereocenters. The number of guanidine groups is 1. The Morgan fingerprint density at radius 2 is 1.83 bits per heavy atom. The predicted molar refractivity (Wildman–Crippen MR) is 118 cm³/mol. The number of rotatable bonds is 7. The summed E-state index contributed by atoms with van der Waals surface area (Å²) < 4.78 is 5.19. The minimum Gasteiger partial charge on any atom is -0.497 e. The number of benzene rings is 1. The largest absolute Gasteiger partial charge is 0.497 e. The van der Waals surface area contributed by atoms with Crippen molar-refractivity contribution < 1.29 is 14.3 Å². The summed E-state index contributed by atoms with van der Waals surface area (Å²) in [5.41, 5.74) is 1.05. The van der Waals surface area contributed by atoms with E-state index in [-0.39, 0.29) is 30.3 Å². The number of carbonyl (C=O) groups excluding carboxylic acids is 2. The number of methoxy groups -OCH3 is 1. The zero-order valence-electron chi connectivity index (χ0n) is 18.8. The number of amides is 2. The molecule has 1 aliphatic rings. The Hall–Kier alpha value is -2.77. The van der Waals surface area contributed by atoms with Crippen LogP contribution in [0.5, 0.6) is 5.75 Å². The van der Waals surface area contributed by atoms with Crippen molar-refractivity contribution in [2.75, 3.05) is 40.8 Å². The highest BCUT2D eigenvalue weighted by molar-refractivity contribution is 5.86. The number of ether oxygens (including phenoxy) is 1. The van der Waals surface area contributed by atoms with Crippen LogP contribution in [0, 0.1) is 5.92 Å². The summed E-state index contributed by atoms with van der Waals surface area (Å²) in [5, 5.41) is 6.57. The molecule has 1 aromatic rings.